The maximum absolute atomic E-state index is 13.2. The lowest BCUT2D eigenvalue weighted by molar-refractivity contribution is -0.0508. The van der Waals surface area contributed by atoms with Gasteiger partial charge < -0.3 is 25.2 Å². The summed E-state index contributed by atoms with van der Waals surface area (Å²) in [6.45, 7) is -0.720. The van der Waals surface area contributed by atoms with Crippen LogP contribution in [0.3, 0.4) is 0 Å². The average Bonchev–Trinajstić information content (AvgIpc) is 3.29. The first kappa shape index (κ1) is 22.2. The summed E-state index contributed by atoms with van der Waals surface area (Å²) in [6.07, 6.45) is -3.01. The van der Waals surface area contributed by atoms with Crippen LogP contribution in [0.15, 0.2) is 36.9 Å². The number of carbonyl (C=O) groups excluding carboxylic acids is 1. The van der Waals surface area contributed by atoms with Gasteiger partial charge in [0.25, 0.3) is 0 Å². The molecule has 1 saturated heterocycles. The molecule has 32 heavy (non-hydrogen) atoms. The van der Waals surface area contributed by atoms with Crippen LogP contribution in [0, 0.1) is 5.82 Å². The van der Waals surface area contributed by atoms with Crippen LogP contribution in [-0.4, -0.2) is 65.5 Å². The molecule has 13 nitrogen and oxygen atoms in total. The highest BCUT2D eigenvalue weighted by molar-refractivity contribution is 7.48. The van der Waals surface area contributed by atoms with E-state index in [2.05, 4.69) is 19.5 Å². The fourth-order valence-electron chi connectivity index (χ4n) is 3.12. The number of fused-ring (bicyclic) bond motifs is 1. The van der Waals surface area contributed by atoms with E-state index < -0.39 is 50.8 Å². The number of anilines is 1. The van der Waals surface area contributed by atoms with Gasteiger partial charge in [0, 0.05) is 0 Å². The van der Waals surface area contributed by atoms with Gasteiger partial charge in [-0.05, 0) is 18.2 Å². The van der Waals surface area contributed by atoms with Crippen molar-refractivity contribution < 1.29 is 42.6 Å². The van der Waals surface area contributed by atoms with Crippen LogP contribution in [0.1, 0.15) is 16.6 Å². The molecule has 1 aliphatic heterocycles. The molecule has 170 valence electrons. The molecule has 3 heterocycles. The van der Waals surface area contributed by atoms with Crippen molar-refractivity contribution in [3.05, 3.63) is 48.3 Å². The van der Waals surface area contributed by atoms with Gasteiger partial charge in [-0.3, -0.25) is 14.0 Å². The first-order valence-electron chi connectivity index (χ1n) is 9.08. The number of rotatable bonds is 6. The smallest absolute Gasteiger partial charge is 0.387 e. The van der Waals surface area contributed by atoms with Gasteiger partial charge in [0.05, 0.1) is 18.5 Å². The van der Waals surface area contributed by atoms with Crippen molar-refractivity contribution in [1.82, 2.24) is 19.5 Å². The zero-order valence-corrected chi connectivity index (χ0v) is 16.9. The highest BCUT2D eigenvalue weighted by Crippen LogP contribution is 2.45. The van der Waals surface area contributed by atoms with Crippen molar-refractivity contribution in [2.75, 3.05) is 12.3 Å². The number of nitrogens with two attached hydrogens (primary N) is 1. The van der Waals surface area contributed by atoms with Crippen LogP contribution in [0.25, 0.3) is 11.2 Å². The molecule has 1 fully saturated rings. The number of aliphatic hydroxyl groups excluding tert-OH is 2. The number of hydrogen-bond donors (Lipinski definition) is 4. The number of halogens is 1. The lowest BCUT2D eigenvalue weighted by atomic mass is 10.1. The maximum atomic E-state index is 13.2. The van der Waals surface area contributed by atoms with Crippen molar-refractivity contribution in [3.8, 4) is 0 Å². The van der Waals surface area contributed by atoms with E-state index in [0.717, 1.165) is 12.1 Å². The van der Waals surface area contributed by atoms with Crippen LogP contribution in [-0.2, 0) is 18.3 Å². The Morgan fingerprint density at radius 3 is 2.81 bits per heavy atom. The predicted molar refractivity (Wildman–Crippen MR) is 103 cm³/mol. The van der Waals surface area contributed by atoms with E-state index in [0.29, 0.717) is 0 Å². The third-order valence-corrected chi connectivity index (χ3v) is 5.53. The summed E-state index contributed by atoms with van der Waals surface area (Å²) < 4.78 is 41.3. The normalized spacial score (nSPS) is 25.0. The molecule has 15 heteroatoms. The summed E-state index contributed by atoms with van der Waals surface area (Å²) in [5.74, 6) is -1.93. The maximum Gasteiger partial charge on any atom is 0.529 e. The van der Waals surface area contributed by atoms with Gasteiger partial charge in [-0.15, -0.1) is 0 Å². The fraction of sp³-hybridized carbons (Fsp3) is 0.294. The van der Waals surface area contributed by atoms with E-state index >= 15 is 0 Å². The van der Waals surface area contributed by atoms with E-state index in [-0.39, 0.29) is 22.5 Å². The van der Waals surface area contributed by atoms with E-state index in [9.17, 15) is 28.9 Å². The molecule has 3 aromatic rings. The average molecular weight is 469 g/mol. The monoisotopic (exact) mass is 469 g/mol. The number of nitrogens with zero attached hydrogens (tertiary/aromatic N) is 4. The molecule has 0 radical (unpaired) electrons. The summed E-state index contributed by atoms with van der Waals surface area (Å²) >= 11 is 0. The minimum atomic E-state index is -4.95. The fourth-order valence-corrected chi connectivity index (χ4v) is 3.82. The summed E-state index contributed by atoms with van der Waals surface area (Å²) in [5.41, 5.74) is 5.90. The Labute approximate surface area is 178 Å². The molecular formula is C17H17FN5O8P. The molecule has 0 aliphatic carbocycles. The standard InChI is InChI=1S/C17H17FN5O8P/c18-9-3-1-2-8(4-9)17(26)31-32(27,28)29-5-10-12(24)13(25)16(30-10)23-7-22-11-14(19)20-6-21-15(11)23/h1-4,6-7,10,12-13,16,24-25H,5H2,(H,27,28)(H2,19,20,21)/t10-,12-,13-,16-/m1/s1. The topological polar surface area (TPSA) is 192 Å². The van der Waals surface area contributed by atoms with Crippen molar-refractivity contribution >= 4 is 30.8 Å². The zero-order valence-electron chi connectivity index (χ0n) is 16.1. The van der Waals surface area contributed by atoms with Crippen LogP contribution in [0.5, 0.6) is 0 Å². The number of phosphoric ester groups is 1. The Hall–Kier alpha value is -3.00. The number of benzene rings is 1. The molecule has 1 unspecified atom stereocenters. The highest BCUT2D eigenvalue weighted by atomic mass is 31.2. The SMILES string of the molecule is Nc1ncnc2c1ncn2[C@@H]1O[C@H](COP(=O)(O)OC(=O)c2cccc(F)c2)[C@@H](O)[C@H]1O. The second kappa shape index (κ2) is 8.50. The van der Waals surface area contributed by atoms with Crippen LogP contribution in [0.2, 0.25) is 0 Å². The third kappa shape index (κ3) is 4.32. The van der Waals surface area contributed by atoms with Crippen molar-refractivity contribution in [2.24, 2.45) is 0 Å². The minimum Gasteiger partial charge on any atom is -0.387 e. The molecule has 0 bridgehead atoms. The number of aromatic nitrogens is 4. The second-order valence-electron chi connectivity index (χ2n) is 6.78. The molecule has 1 aromatic carbocycles. The summed E-state index contributed by atoms with van der Waals surface area (Å²) in [4.78, 5) is 33.6. The van der Waals surface area contributed by atoms with Crippen molar-refractivity contribution in [2.45, 2.75) is 24.5 Å². The molecule has 4 rings (SSSR count). The molecule has 0 saturated carbocycles. The lowest BCUT2D eigenvalue weighted by Crippen LogP contribution is -2.33. The van der Waals surface area contributed by atoms with Crippen LogP contribution >= 0.6 is 7.82 Å². The number of carbonyl (C=O) groups is 1. The summed E-state index contributed by atoms with van der Waals surface area (Å²) in [5, 5.41) is 20.6. The van der Waals surface area contributed by atoms with Gasteiger partial charge in [0.1, 0.15) is 36.0 Å². The Kier molecular flexibility index (Phi) is 5.90. The second-order valence-corrected chi connectivity index (χ2v) is 8.16. The lowest BCUT2D eigenvalue weighted by Gasteiger charge is -2.17. The number of aliphatic hydroxyl groups is 2. The number of ether oxygens (including phenoxy) is 1. The largest absolute Gasteiger partial charge is 0.529 e. The number of hydrogen-bond acceptors (Lipinski definition) is 11. The van der Waals surface area contributed by atoms with Gasteiger partial charge in [-0.25, -0.2) is 28.7 Å². The van der Waals surface area contributed by atoms with Crippen molar-refractivity contribution in [3.63, 3.8) is 0 Å². The first-order valence-corrected chi connectivity index (χ1v) is 10.6. The van der Waals surface area contributed by atoms with Gasteiger partial charge in [-0.1, -0.05) is 6.07 Å². The van der Waals surface area contributed by atoms with Gasteiger partial charge >= 0.3 is 13.8 Å². The Morgan fingerprint density at radius 1 is 1.28 bits per heavy atom. The molecule has 5 atom stereocenters. The minimum absolute atomic E-state index is 0.100. The molecule has 5 N–H and O–H groups in total. The van der Waals surface area contributed by atoms with E-state index in [1.807, 2.05) is 0 Å². The van der Waals surface area contributed by atoms with Gasteiger partial charge in [0.2, 0.25) is 0 Å². The number of nitrogen functional groups attached to an aromatic ring is 1. The molecule has 0 spiro atoms. The van der Waals surface area contributed by atoms with Gasteiger partial charge in [-0.2, -0.15) is 0 Å². The quantitative estimate of drug-likeness (QED) is 0.358. The van der Waals surface area contributed by atoms with Crippen molar-refractivity contribution in [1.29, 1.82) is 0 Å². The molecule has 1 aliphatic rings. The van der Waals surface area contributed by atoms with Crippen LogP contribution < -0.4 is 5.73 Å². The number of imidazole rings is 1. The molecular weight excluding hydrogens is 452 g/mol. The number of phosphoric acid groups is 1. The predicted octanol–water partition coefficient (Wildman–Crippen LogP) is 0.141. The van der Waals surface area contributed by atoms with Gasteiger partial charge in [0.15, 0.2) is 17.7 Å². The Morgan fingerprint density at radius 2 is 2.06 bits per heavy atom. The zero-order chi connectivity index (χ0) is 23.0. The highest BCUT2D eigenvalue weighted by Gasteiger charge is 2.45. The Balaban J connectivity index is 1.42. The third-order valence-electron chi connectivity index (χ3n) is 4.66. The van der Waals surface area contributed by atoms with Crippen LogP contribution in [0.4, 0.5) is 10.2 Å². The first-order chi connectivity index (χ1) is 15.2. The Bertz CT molecular complexity index is 1210. The summed E-state index contributed by atoms with van der Waals surface area (Å²) in [6, 6.07) is 4.30. The molecule has 2 aromatic heterocycles. The summed E-state index contributed by atoms with van der Waals surface area (Å²) in [7, 11) is -4.95. The van der Waals surface area contributed by atoms with E-state index in [4.69, 9.17) is 15.0 Å². The van der Waals surface area contributed by atoms with E-state index in [1.165, 1.54) is 29.4 Å². The molecule has 0 amide bonds. The van der Waals surface area contributed by atoms with E-state index in [1.54, 1.807) is 0 Å².